The van der Waals surface area contributed by atoms with Crippen molar-refractivity contribution in [3.05, 3.63) is 0 Å². The molecule has 25 heavy (non-hydrogen) atoms. The Labute approximate surface area is 150 Å². The van der Waals surface area contributed by atoms with Gasteiger partial charge in [0.25, 0.3) is 0 Å². The van der Waals surface area contributed by atoms with Crippen molar-refractivity contribution < 1.29 is 9.47 Å². The zero-order chi connectivity index (χ0) is 17.5. The molecule has 2 fully saturated rings. The van der Waals surface area contributed by atoms with Crippen molar-refractivity contribution in [1.29, 1.82) is 0 Å². The fourth-order valence-electron chi connectivity index (χ4n) is 3.15. The topological polar surface area (TPSA) is 66.9 Å². The van der Waals surface area contributed by atoms with E-state index >= 15 is 0 Å². The summed E-state index contributed by atoms with van der Waals surface area (Å²) in [7, 11) is 0. The molecule has 0 spiro atoms. The Hall–Kier alpha value is -1.67. The van der Waals surface area contributed by atoms with Crippen LogP contribution in [0.15, 0.2) is 0 Å². The molecule has 2 aliphatic rings. The van der Waals surface area contributed by atoms with Gasteiger partial charge in [0.15, 0.2) is 0 Å². The highest BCUT2D eigenvalue weighted by atomic mass is 16.5. The molecule has 0 atom stereocenters. The lowest BCUT2D eigenvalue weighted by atomic mass is 10.3. The predicted octanol–water partition coefficient (Wildman–Crippen LogP) is 1.17. The van der Waals surface area contributed by atoms with Crippen molar-refractivity contribution in [3.63, 3.8) is 0 Å². The Kier molecular flexibility index (Phi) is 6.63. The third kappa shape index (κ3) is 4.70. The highest BCUT2D eigenvalue weighted by Gasteiger charge is 2.22. The van der Waals surface area contributed by atoms with Crippen molar-refractivity contribution in [3.8, 4) is 0 Å². The third-order valence-electron chi connectivity index (χ3n) is 4.46. The quantitative estimate of drug-likeness (QED) is 0.726. The van der Waals surface area contributed by atoms with Gasteiger partial charge in [-0.2, -0.15) is 15.0 Å². The first kappa shape index (κ1) is 18.1. The van der Waals surface area contributed by atoms with Gasteiger partial charge in [-0.25, -0.2) is 0 Å². The van der Waals surface area contributed by atoms with Crippen LogP contribution in [-0.2, 0) is 9.47 Å². The number of rotatable bonds is 7. The molecule has 0 bridgehead atoms. The lowest BCUT2D eigenvalue weighted by Gasteiger charge is -2.31. The number of ether oxygens (including phenoxy) is 2. The smallest absolute Gasteiger partial charge is 0.232 e. The van der Waals surface area contributed by atoms with E-state index in [1.807, 2.05) is 0 Å². The van der Waals surface area contributed by atoms with E-state index in [9.17, 15) is 0 Å². The maximum Gasteiger partial charge on any atom is 0.232 e. The normalized spacial score (nSPS) is 18.5. The summed E-state index contributed by atoms with van der Waals surface area (Å²) >= 11 is 0. The molecule has 0 saturated carbocycles. The first-order chi connectivity index (χ1) is 12.3. The highest BCUT2D eigenvalue weighted by Crippen LogP contribution is 2.21. The summed E-state index contributed by atoms with van der Waals surface area (Å²) in [4.78, 5) is 21.1. The Morgan fingerprint density at radius 2 is 1.20 bits per heavy atom. The van der Waals surface area contributed by atoms with Gasteiger partial charge in [0, 0.05) is 39.3 Å². The minimum atomic E-state index is 0.724. The standard InChI is InChI=1S/C17H30N6O2/c1-3-5-21(6-4-2)15-18-16(22-7-11-24-12-8-22)20-17(19-15)23-9-13-25-14-10-23/h3-14H2,1-2H3. The molecule has 8 heteroatoms. The Bertz CT molecular complexity index is 490. The van der Waals surface area contributed by atoms with Gasteiger partial charge >= 0.3 is 0 Å². The van der Waals surface area contributed by atoms with Crippen LogP contribution in [0.2, 0.25) is 0 Å². The number of aromatic nitrogens is 3. The fraction of sp³-hybridized carbons (Fsp3) is 0.824. The van der Waals surface area contributed by atoms with Crippen LogP contribution >= 0.6 is 0 Å². The van der Waals surface area contributed by atoms with Gasteiger partial charge in [-0.1, -0.05) is 13.8 Å². The molecule has 140 valence electrons. The number of hydrogen-bond acceptors (Lipinski definition) is 8. The largest absolute Gasteiger partial charge is 0.378 e. The molecule has 1 aromatic rings. The van der Waals surface area contributed by atoms with Crippen LogP contribution in [0.1, 0.15) is 26.7 Å². The molecule has 2 aliphatic heterocycles. The molecule has 0 aliphatic carbocycles. The first-order valence-electron chi connectivity index (χ1n) is 9.48. The number of morpholine rings is 2. The zero-order valence-corrected chi connectivity index (χ0v) is 15.5. The van der Waals surface area contributed by atoms with E-state index < -0.39 is 0 Å². The second kappa shape index (κ2) is 9.15. The predicted molar refractivity (Wildman–Crippen MR) is 98.7 cm³/mol. The number of anilines is 3. The number of hydrogen-bond donors (Lipinski definition) is 0. The third-order valence-corrected chi connectivity index (χ3v) is 4.46. The summed E-state index contributed by atoms with van der Waals surface area (Å²) in [6.45, 7) is 12.5. The maximum absolute atomic E-state index is 5.47. The summed E-state index contributed by atoms with van der Waals surface area (Å²) in [6, 6.07) is 0. The molecular formula is C17H30N6O2. The van der Waals surface area contributed by atoms with Crippen LogP contribution in [0.25, 0.3) is 0 Å². The first-order valence-corrected chi connectivity index (χ1v) is 9.48. The monoisotopic (exact) mass is 350 g/mol. The SMILES string of the molecule is CCCN(CCC)c1nc(N2CCOCC2)nc(N2CCOCC2)n1. The average molecular weight is 350 g/mol. The maximum atomic E-state index is 5.47. The van der Waals surface area contributed by atoms with Gasteiger partial charge in [-0.15, -0.1) is 0 Å². The van der Waals surface area contributed by atoms with Crippen molar-refractivity contribution in [2.75, 3.05) is 80.4 Å². The minimum Gasteiger partial charge on any atom is -0.378 e. The van der Waals surface area contributed by atoms with Crippen molar-refractivity contribution in [2.24, 2.45) is 0 Å². The van der Waals surface area contributed by atoms with Crippen LogP contribution in [0.3, 0.4) is 0 Å². The van der Waals surface area contributed by atoms with Gasteiger partial charge in [0.2, 0.25) is 17.8 Å². The summed E-state index contributed by atoms with van der Waals surface area (Å²) < 4.78 is 10.9. The van der Waals surface area contributed by atoms with Crippen LogP contribution in [0.4, 0.5) is 17.8 Å². The summed E-state index contributed by atoms with van der Waals surface area (Å²) in [5, 5.41) is 0. The Morgan fingerprint density at radius 1 is 0.760 bits per heavy atom. The van der Waals surface area contributed by atoms with E-state index in [4.69, 9.17) is 24.4 Å². The fourth-order valence-corrected chi connectivity index (χ4v) is 3.15. The second-order valence-electron chi connectivity index (χ2n) is 6.42. The molecule has 8 nitrogen and oxygen atoms in total. The van der Waals surface area contributed by atoms with Crippen molar-refractivity contribution in [1.82, 2.24) is 15.0 Å². The molecule has 0 unspecified atom stereocenters. The van der Waals surface area contributed by atoms with Crippen molar-refractivity contribution >= 4 is 17.8 Å². The van der Waals surface area contributed by atoms with Crippen LogP contribution in [0, 0.1) is 0 Å². The Morgan fingerprint density at radius 3 is 1.60 bits per heavy atom. The zero-order valence-electron chi connectivity index (χ0n) is 15.5. The van der Waals surface area contributed by atoms with E-state index in [-0.39, 0.29) is 0 Å². The summed E-state index contributed by atoms with van der Waals surface area (Å²) in [5.74, 6) is 2.33. The summed E-state index contributed by atoms with van der Waals surface area (Å²) in [6.07, 6.45) is 2.15. The van der Waals surface area contributed by atoms with Crippen LogP contribution in [-0.4, -0.2) is 80.6 Å². The van der Waals surface area contributed by atoms with E-state index in [1.165, 1.54) is 0 Å². The van der Waals surface area contributed by atoms with E-state index in [2.05, 4.69) is 28.5 Å². The molecule has 0 radical (unpaired) electrons. The highest BCUT2D eigenvalue weighted by molar-refractivity contribution is 5.47. The summed E-state index contributed by atoms with van der Waals surface area (Å²) in [5.41, 5.74) is 0. The lowest BCUT2D eigenvalue weighted by Crippen LogP contribution is -2.40. The van der Waals surface area contributed by atoms with Crippen LogP contribution < -0.4 is 14.7 Å². The van der Waals surface area contributed by atoms with Gasteiger partial charge in [-0.05, 0) is 12.8 Å². The van der Waals surface area contributed by atoms with E-state index in [1.54, 1.807) is 0 Å². The molecular weight excluding hydrogens is 320 g/mol. The van der Waals surface area contributed by atoms with Gasteiger partial charge in [0.05, 0.1) is 26.4 Å². The number of nitrogens with zero attached hydrogens (tertiary/aromatic N) is 6. The van der Waals surface area contributed by atoms with Gasteiger partial charge in [-0.3, -0.25) is 0 Å². The van der Waals surface area contributed by atoms with Crippen molar-refractivity contribution in [2.45, 2.75) is 26.7 Å². The molecule has 1 aromatic heterocycles. The van der Waals surface area contributed by atoms with E-state index in [0.717, 1.165) is 96.4 Å². The molecule has 3 heterocycles. The molecule has 3 rings (SSSR count). The Balaban J connectivity index is 1.91. The van der Waals surface area contributed by atoms with E-state index in [0.29, 0.717) is 0 Å². The molecule has 2 saturated heterocycles. The van der Waals surface area contributed by atoms with Gasteiger partial charge in [0.1, 0.15) is 0 Å². The minimum absolute atomic E-state index is 0.724. The van der Waals surface area contributed by atoms with Gasteiger partial charge < -0.3 is 24.2 Å². The molecule has 0 N–H and O–H groups in total. The molecule has 0 aromatic carbocycles. The lowest BCUT2D eigenvalue weighted by molar-refractivity contribution is 0.121. The van der Waals surface area contributed by atoms with Crippen LogP contribution in [0.5, 0.6) is 0 Å². The molecule has 0 amide bonds. The second-order valence-corrected chi connectivity index (χ2v) is 6.42. The average Bonchev–Trinajstić information content (AvgIpc) is 2.69.